The minimum Gasteiger partial charge on any atom is -0.381 e. The molecule has 0 aliphatic heterocycles. The Morgan fingerprint density at radius 3 is 2.53 bits per heavy atom. The fourth-order valence-electron chi connectivity index (χ4n) is 1.64. The van der Waals surface area contributed by atoms with E-state index in [2.05, 4.69) is 35.0 Å². The summed E-state index contributed by atoms with van der Waals surface area (Å²) in [5, 5.41) is 1.76. The summed E-state index contributed by atoms with van der Waals surface area (Å²) < 4.78 is 5.60. The lowest BCUT2D eigenvalue weighted by Gasteiger charge is -2.14. The Morgan fingerprint density at radius 2 is 1.94 bits per heavy atom. The van der Waals surface area contributed by atoms with Crippen molar-refractivity contribution in [2.75, 3.05) is 18.5 Å². The van der Waals surface area contributed by atoms with Gasteiger partial charge in [0.15, 0.2) is 0 Å². The van der Waals surface area contributed by atoms with Crippen LogP contribution in [0.25, 0.3) is 0 Å². The Morgan fingerprint density at radius 1 is 1.24 bits per heavy atom. The summed E-state index contributed by atoms with van der Waals surface area (Å²) in [4.78, 5) is 0. The van der Waals surface area contributed by atoms with E-state index in [-0.39, 0.29) is 0 Å². The molecule has 0 aliphatic carbocycles. The summed E-state index contributed by atoms with van der Waals surface area (Å²) in [5.41, 5.74) is 1.32. The molecule has 17 heavy (non-hydrogen) atoms. The van der Waals surface area contributed by atoms with Gasteiger partial charge in [0, 0.05) is 23.6 Å². The van der Waals surface area contributed by atoms with Crippen molar-refractivity contribution in [3.8, 4) is 0 Å². The van der Waals surface area contributed by atoms with Gasteiger partial charge in [-0.25, -0.2) is 0 Å². The molecule has 1 atom stereocenters. The van der Waals surface area contributed by atoms with Crippen LogP contribution in [0.3, 0.4) is 0 Å². The van der Waals surface area contributed by atoms with E-state index in [0.717, 1.165) is 36.4 Å². The Labute approximate surface area is 118 Å². The Kier molecular flexibility index (Phi) is 7.91. The third-order valence-corrected chi connectivity index (χ3v) is 3.81. The van der Waals surface area contributed by atoms with Crippen molar-refractivity contribution in [2.45, 2.75) is 32.1 Å². The Balaban J connectivity index is 2.35. The molecule has 1 aromatic carbocycles. The molecule has 0 spiro atoms. The zero-order valence-electron chi connectivity index (χ0n) is 10.3. The zero-order valence-corrected chi connectivity index (χ0v) is 12.6. The molecule has 1 unspecified atom stereocenters. The van der Waals surface area contributed by atoms with Gasteiger partial charge < -0.3 is 4.74 Å². The minimum atomic E-state index is 0.508. The molecule has 0 fully saturated rings. The van der Waals surface area contributed by atoms with Crippen LogP contribution in [0.1, 0.15) is 37.7 Å². The fraction of sp³-hybridized carbons (Fsp3) is 0.571. The Bertz CT molecular complexity index is 300. The van der Waals surface area contributed by atoms with Crippen molar-refractivity contribution in [1.29, 1.82) is 0 Å². The number of alkyl halides is 1. The van der Waals surface area contributed by atoms with Crippen LogP contribution in [0, 0.1) is 0 Å². The molecule has 1 rings (SSSR count). The van der Waals surface area contributed by atoms with Crippen LogP contribution in [0.15, 0.2) is 24.3 Å². The highest BCUT2D eigenvalue weighted by molar-refractivity contribution is 9.09. The normalized spacial score (nSPS) is 12.6. The van der Waals surface area contributed by atoms with Gasteiger partial charge in [0.2, 0.25) is 0 Å². The van der Waals surface area contributed by atoms with Crippen molar-refractivity contribution < 1.29 is 4.74 Å². The molecule has 0 radical (unpaired) electrons. The Hall–Kier alpha value is -0.0500. The summed E-state index contributed by atoms with van der Waals surface area (Å²) in [6, 6.07) is 8.09. The number of halogens is 2. The van der Waals surface area contributed by atoms with Gasteiger partial charge in [-0.2, -0.15) is 0 Å². The van der Waals surface area contributed by atoms with Crippen LogP contribution in [0.2, 0.25) is 5.02 Å². The highest BCUT2D eigenvalue weighted by atomic mass is 79.9. The number of hydrogen-bond acceptors (Lipinski definition) is 1. The van der Waals surface area contributed by atoms with Crippen molar-refractivity contribution >= 4 is 27.5 Å². The van der Waals surface area contributed by atoms with Crippen LogP contribution >= 0.6 is 27.5 Å². The van der Waals surface area contributed by atoms with Crippen LogP contribution in [0.4, 0.5) is 0 Å². The molecule has 0 aliphatic rings. The highest BCUT2D eigenvalue weighted by Crippen LogP contribution is 2.23. The molecule has 1 aromatic rings. The van der Waals surface area contributed by atoms with Crippen LogP contribution in [-0.4, -0.2) is 18.5 Å². The standard InChI is InChI=1S/C14H20BrClO/c1-2-3-9-17-10-8-13(11-15)12-4-6-14(16)7-5-12/h4-7,13H,2-3,8-11H2,1H3. The molecule has 0 heterocycles. The first-order chi connectivity index (χ1) is 8.27. The van der Waals surface area contributed by atoms with Gasteiger partial charge in [0.25, 0.3) is 0 Å². The third kappa shape index (κ3) is 5.89. The average Bonchev–Trinajstić information content (AvgIpc) is 2.35. The van der Waals surface area contributed by atoms with Gasteiger partial charge in [0.1, 0.15) is 0 Å². The summed E-state index contributed by atoms with van der Waals surface area (Å²) in [5.74, 6) is 0.508. The summed E-state index contributed by atoms with van der Waals surface area (Å²) in [6.07, 6.45) is 3.40. The van der Waals surface area contributed by atoms with E-state index in [4.69, 9.17) is 16.3 Å². The van der Waals surface area contributed by atoms with Crippen molar-refractivity contribution in [1.82, 2.24) is 0 Å². The smallest absolute Gasteiger partial charge is 0.0472 e. The minimum absolute atomic E-state index is 0.508. The third-order valence-electron chi connectivity index (χ3n) is 2.78. The van der Waals surface area contributed by atoms with Gasteiger partial charge in [-0.15, -0.1) is 0 Å². The molecule has 0 N–H and O–H groups in total. The number of unbranched alkanes of at least 4 members (excludes halogenated alkanes) is 1. The van der Waals surface area contributed by atoms with Gasteiger partial charge in [0.05, 0.1) is 0 Å². The first-order valence-electron chi connectivity index (χ1n) is 6.17. The first-order valence-corrected chi connectivity index (χ1v) is 7.67. The van der Waals surface area contributed by atoms with Crippen molar-refractivity contribution in [3.63, 3.8) is 0 Å². The first kappa shape index (κ1) is 15.0. The zero-order chi connectivity index (χ0) is 12.5. The maximum Gasteiger partial charge on any atom is 0.0472 e. The predicted molar refractivity (Wildman–Crippen MR) is 78.3 cm³/mol. The van der Waals surface area contributed by atoms with E-state index in [1.807, 2.05) is 12.1 Å². The second kappa shape index (κ2) is 8.96. The highest BCUT2D eigenvalue weighted by Gasteiger charge is 2.09. The second-order valence-electron chi connectivity index (χ2n) is 4.16. The van der Waals surface area contributed by atoms with Crippen molar-refractivity contribution in [3.05, 3.63) is 34.9 Å². The van der Waals surface area contributed by atoms with E-state index < -0.39 is 0 Å². The number of benzene rings is 1. The van der Waals surface area contributed by atoms with E-state index >= 15 is 0 Å². The number of hydrogen-bond donors (Lipinski definition) is 0. The lowest BCUT2D eigenvalue weighted by molar-refractivity contribution is 0.125. The SMILES string of the molecule is CCCCOCCC(CBr)c1ccc(Cl)cc1. The second-order valence-corrected chi connectivity index (χ2v) is 5.24. The molecule has 0 bridgehead atoms. The fourth-order valence-corrected chi connectivity index (χ4v) is 2.47. The predicted octanol–water partition coefficient (Wildman–Crippen LogP) is 5.03. The van der Waals surface area contributed by atoms with Gasteiger partial charge >= 0.3 is 0 Å². The molecule has 0 aromatic heterocycles. The summed E-state index contributed by atoms with van der Waals surface area (Å²) in [7, 11) is 0. The quantitative estimate of drug-likeness (QED) is 0.482. The van der Waals surface area contributed by atoms with Crippen molar-refractivity contribution in [2.24, 2.45) is 0 Å². The maximum atomic E-state index is 5.88. The molecule has 0 saturated heterocycles. The number of ether oxygens (including phenoxy) is 1. The van der Waals surface area contributed by atoms with E-state index in [0.29, 0.717) is 5.92 Å². The molecule has 0 saturated carbocycles. The topological polar surface area (TPSA) is 9.23 Å². The van der Waals surface area contributed by atoms with E-state index in [9.17, 15) is 0 Å². The van der Waals surface area contributed by atoms with Crippen LogP contribution in [0.5, 0.6) is 0 Å². The average molecular weight is 320 g/mol. The molecular formula is C14H20BrClO. The van der Waals surface area contributed by atoms with Crippen LogP contribution < -0.4 is 0 Å². The summed E-state index contributed by atoms with van der Waals surface area (Å²) >= 11 is 9.45. The van der Waals surface area contributed by atoms with Crippen LogP contribution in [-0.2, 0) is 4.74 Å². The molecule has 1 nitrogen and oxygen atoms in total. The van der Waals surface area contributed by atoms with E-state index in [1.165, 1.54) is 12.0 Å². The van der Waals surface area contributed by atoms with Gasteiger partial charge in [-0.3, -0.25) is 0 Å². The molecule has 96 valence electrons. The van der Waals surface area contributed by atoms with Gasteiger partial charge in [-0.05, 0) is 36.5 Å². The van der Waals surface area contributed by atoms with E-state index in [1.54, 1.807) is 0 Å². The monoisotopic (exact) mass is 318 g/mol. The molecule has 0 amide bonds. The molecule has 3 heteroatoms. The van der Waals surface area contributed by atoms with Gasteiger partial charge in [-0.1, -0.05) is 53.0 Å². The largest absolute Gasteiger partial charge is 0.381 e. The maximum absolute atomic E-state index is 5.88. The lowest BCUT2D eigenvalue weighted by Crippen LogP contribution is -2.06. The lowest BCUT2D eigenvalue weighted by atomic mass is 9.98. The molecular weight excluding hydrogens is 300 g/mol. The number of rotatable bonds is 8. The summed E-state index contributed by atoms with van der Waals surface area (Å²) in [6.45, 7) is 3.89.